The van der Waals surface area contributed by atoms with Crippen LogP contribution in [0.1, 0.15) is 16.7 Å². The third kappa shape index (κ3) is 7.95. The molecule has 33 heavy (non-hydrogen) atoms. The smallest absolute Gasteiger partial charge is 0.336 e. The number of hydrogen-bond donors (Lipinski definition) is 1. The van der Waals surface area contributed by atoms with E-state index in [0.717, 1.165) is 16.7 Å². The van der Waals surface area contributed by atoms with Gasteiger partial charge >= 0.3 is 5.97 Å². The van der Waals surface area contributed by atoms with Gasteiger partial charge in [0.15, 0.2) is 6.61 Å². The van der Waals surface area contributed by atoms with Crippen molar-refractivity contribution < 1.29 is 19.1 Å². The van der Waals surface area contributed by atoms with Crippen molar-refractivity contribution in [3.63, 3.8) is 0 Å². The maximum absolute atomic E-state index is 12.0. The quantitative estimate of drug-likeness (QED) is 0.125. The molecule has 0 saturated carbocycles. The van der Waals surface area contributed by atoms with E-state index in [9.17, 15) is 9.59 Å². The summed E-state index contributed by atoms with van der Waals surface area (Å²) >= 11 is 0. The Hall–Kier alpha value is -4.45. The number of allylic oxidation sites excluding steroid dienone is 1. The van der Waals surface area contributed by atoms with Crippen molar-refractivity contribution in [1.82, 2.24) is 5.43 Å². The topological polar surface area (TPSA) is 77.0 Å². The minimum Gasteiger partial charge on any atom is -0.483 e. The lowest BCUT2D eigenvalue weighted by Gasteiger charge is -2.09. The van der Waals surface area contributed by atoms with Crippen molar-refractivity contribution in [3.8, 4) is 11.5 Å². The highest BCUT2D eigenvalue weighted by Gasteiger charge is 2.05. The molecule has 0 bridgehead atoms. The van der Waals surface area contributed by atoms with E-state index in [-0.39, 0.29) is 12.5 Å². The molecule has 3 rings (SSSR count). The predicted molar refractivity (Wildman–Crippen MR) is 129 cm³/mol. The summed E-state index contributed by atoms with van der Waals surface area (Å²) in [6.45, 7) is 3.56. The zero-order chi connectivity index (χ0) is 23.3. The number of para-hydroxylation sites is 1. The number of amides is 1. The molecule has 6 heteroatoms. The van der Waals surface area contributed by atoms with Crippen LogP contribution < -0.4 is 14.9 Å². The van der Waals surface area contributed by atoms with E-state index in [1.165, 1.54) is 12.3 Å². The molecule has 0 heterocycles. The number of benzene rings is 3. The highest BCUT2D eigenvalue weighted by atomic mass is 16.5. The molecule has 0 aliphatic heterocycles. The second-order valence-corrected chi connectivity index (χ2v) is 6.92. The van der Waals surface area contributed by atoms with Gasteiger partial charge in [0.1, 0.15) is 11.5 Å². The molecule has 0 aliphatic carbocycles. The molecule has 1 N–H and O–H groups in total. The van der Waals surface area contributed by atoms with Crippen molar-refractivity contribution in [2.24, 2.45) is 5.10 Å². The molecular formula is C27H24N2O4. The van der Waals surface area contributed by atoms with E-state index in [1.807, 2.05) is 48.5 Å². The molecule has 0 fully saturated rings. The fraction of sp³-hybridized carbons (Fsp3) is 0.0741. The Morgan fingerprint density at radius 1 is 0.909 bits per heavy atom. The standard InChI is InChI=1S/C27H24N2O4/c1-2-8-23-11-6-7-12-25(23)32-20-26(30)29-28-19-22-13-16-24(17-14-22)33-27(31)18-15-21-9-4-3-5-10-21/h2-7,9-19H,1,8,20H2,(H,29,30)/b18-15+,28-19+. The highest BCUT2D eigenvalue weighted by Crippen LogP contribution is 2.18. The van der Waals surface area contributed by atoms with Gasteiger partial charge in [0, 0.05) is 6.08 Å². The van der Waals surface area contributed by atoms with Crippen LogP contribution in [0.4, 0.5) is 0 Å². The lowest BCUT2D eigenvalue weighted by Crippen LogP contribution is -2.24. The van der Waals surface area contributed by atoms with E-state index >= 15 is 0 Å². The first-order valence-corrected chi connectivity index (χ1v) is 10.3. The van der Waals surface area contributed by atoms with Gasteiger partial charge in [-0.1, -0.05) is 54.6 Å². The molecule has 0 spiro atoms. The van der Waals surface area contributed by atoms with Gasteiger partial charge in [-0.2, -0.15) is 5.10 Å². The van der Waals surface area contributed by atoms with Crippen molar-refractivity contribution >= 4 is 24.2 Å². The van der Waals surface area contributed by atoms with Gasteiger partial charge < -0.3 is 9.47 Å². The average Bonchev–Trinajstić information content (AvgIpc) is 2.84. The number of nitrogens with one attached hydrogen (secondary N) is 1. The summed E-state index contributed by atoms with van der Waals surface area (Å²) in [4.78, 5) is 23.9. The second kappa shape index (κ2) is 12.4. The number of carbonyl (C=O) groups is 2. The number of carbonyl (C=O) groups excluding carboxylic acids is 2. The Morgan fingerprint density at radius 2 is 1.64 bits per heavy atom. The molecule has 0 atom stereocenters. The molecule has 6 nitrogen and oxygen atoms in total. The number of ether oxygens (including phenoxy) is 2. The Balaban J connectivity index is 1.44. The van der Waals surface area contributed by atoms with Crippen LogP contribution in [0.3, 0.4) is 0 Å². The summed E-state index contributed by atoms with van der Waals surface area (Å²) in [5, 5.41) is 3.93. The van der Waals surface area contributed by atoms with Crippen LogP contribution in [0, 0.1) is 0 Å². The summed E-state index contributed by atoms with van der Waals surface area (Å²) in [6.07, 6.45) is 6.99. The van der Waals surface area contributed by atoms with Gasteiger partial charge in [-0.05, 0) is 59.5 Å². The van der Waals surface area contributed by atoms with Crippen LogP contribution in [-0.2, 0) is 16.0 Å². The summed E-state index contributed by atoms with van der Waals surface area (Å²) in [5.41, 5.74) is 5.02. The molecule has 3 aromatic rings. The van der Waals surface area contributed by atoms with Crippen molar-refractivity contribution in [1.29, 1.82) is 0 Å². The Bertz CT molecular complexity index is 1140. The summed E-state index contributed by atoms with van der Waals surface area (Å²) in [7, 11) is 0. The Kier molecular flexibility index (Phi) is 8.74. The SMILES string of the molecule is C=CCc1ccccc1OCC(=O)N/N=C/c1ccc(OC(=O)/C=C/c2ccccc2)cc1. The van der Waals surface area contributed by atoms with Crippen LogP contribution in [0.25, 0.3) is 6.08 Å². The van der Waals surface area contributed by atoms with E-state index in [2.05, 4.69) is 17.1 Å². The molecule has 166 valence electrons. The third-order valence-corrected chi connectivity index (χ3v) is 4.41. The molecule has 0 unspecified atom stereocenters. The van der Waals surface area contributed by atoms with Crippen LogP contribution in [0.15, 0.2) is 103 Å². The molecule has 0 saturated heterocycles. The zero-order valence-electron chi connectivity index (χ0n) is 18.0. The van der Waals surface area contributed by atoms with Gasteiger partial charge in [-0.15, -0.1) is 6.58 Å². The van der Waals surface area contributed by atoms with Gasteiger partial charge in [-0.25, -0.2) is 10.2 Å². The largest absolute Gasteiger partial charge is 0.483 e. The van der Waals surface area contributed by atoms with Gasteiger partial charge in [-0.3, -0.25) is 4.79 Å². The van der Waals surface area contributed by atoms with E-state index < -0.39 is 5.97 Å². The monoisotopic (exact) mass is 440 g/mol. The van der Waals surface area contributed by atoms with Gasteiger partial charge in [0.05, 0.1) is 6.21 Å². The normalized spacial score (nSPS) is 10.8. The minimum atomic E-state index is -0.470. The average molecular weight is 440 g/mol. The van der Waals surface area contributed by atoms with E-state index in [1.54, 1.807) is 42.5 Å². The van der Waals surface area contributed by atoms with Crippen molar-refractivity contribution in [3.05, 3.63) is 114 Å². The molecule has 3 aromatic carbocycles. The fourth-order valence-corrected chi connectivity index (χ4v) is 2.82. The number of esters is 1. The lowest BCUT2D eigenvalue weighted by atomic mass is 10.1. The number of hydrogen-bond acceptors (Lipinski definition) is 5. The first kappa shape index (κ1) is 23.2. The maximum Gasteiger partial charge on any atom is 0.336 e. The zero-order valence-corrected chi connectivity index (χ0v) is 18.0. The second-order valence-electron chi connectivity index (χ2n) is 6.92. The molecule has 0 aromatic heterocycles. The molecule has 0 aliphatic rings. The summed E-state index contributed by atoms with van der Waals surface area (Å²) < 4.78 is 10.8. The van der Waals surface area contributed by atoms with E-state index in [0.29, 0.717) is 17.9 Å². The fourth-order valence-electron chi connectivity index (χ4n) is 2.82. The Labute approximate surface area is 192 Å². The maximum atomic E-state index is 12.0. The van der Waals surface area contributed by atoms with Crippen LogP contribution >= 0.6 is 0 Å². The highest BCUT2D eigenvalue weighted by molar-refractivity contribution is 5.89. The number of rotatable bonds is 10. The van der Waals surface area contributed by atoms with Crippen molar-refractivity contribution in [2.75, 3.05) is 6.61 Å². The third-order valence-electron chi connectivity index (χ3n) is 4.41. The molecule has 0 radical (unpaired) electrons. The van der Waals surface area contributed by atoms with Crippen LogP contribution in [0.5, 0.6) is 11.5 Å². The first-order chi connectivity index (χ1) is 16.1. The lowest BCUT2D eigenvalue weighted by molar-refractivity contribution is -0.129. The van der Waals surface area contributed by atoms with E-state index in [4.69, 9.17) is 9.47 Å². The molecular weight excluding hydrogens is 416 g/mol. The number of nitrogens with zero attached hydrogens (tertiary/aromatic N) is 1. The summed E-state index contributed by atoms with van der Waals surface area (Å²) in [5.74, 6) is 0.198. The minimum absolute atomic E-state index is 0.156. The van der Waals surface area contributed by atoms with Gasteiger partial charge in [0.25, 0.3) is 5.91 Å². The summed E-state index contributed by atoms with van der Waals surface area (Å²) in [6, 6.07) is 23.7. The van der Waals surface area contributed by atoms with Crippen molar-refractivity contribution in [2.45, 2.75) is 6.42 Å². The first-order valence-electron chi connectivity index (χ1n) is 10.3. The Morgan fingerprint density at radius 3 is 2.39 bits per heavy atom. The van der Waals surface area contributed by atoms with Crippen LogP contribution in [0.2, 0.25) is 0 Å². The molecule has 1 amide bonds. The van der Waals surface area contributed by atoms with Crippen LogP contribution in [-0.4, -0.2) is 24.7 Å². The van der Waals surface area contributed by atoms with Gasteiger partial charge in [0.2, 0.25) is 0 Å². The predicted octanol–water partition coefficient (Wildman–Crippen LogP) is 4.56. The number of hydrazone groups is 1.